The second-order valence-corrected chi connectivity index (χ2v) is 5.55. The highest BCUT2D eigenvalue weighted by Gasteiger charge is 2.36. The average molecular weight is 362 g/mol. The number of likely N-dealkylation sites (N-methyl/N-ethyl adjacent to an activating group) is 1. The Hall–Kier alpha value is -3.03. The van der Waals surface area contributed by atoms with E-state index in [0.29, 0.717) is 29.4 Å². The largest absolute Gasteiger partial charge is 0.493 e. The highest BCUT2D eigenvalue weighted by Crippen LogP contribution is 2.38. The van der Waals surface area contributed by atoms with E-state index in [1.54, 1.807) is 25.1 Å². The smallest absolute Gasteiger partial charge is 0.249 e. The molecule has 8 nitrogen and oxygen atoms in total. The summed E-state index contributed by atoms with van der Waals surface area (Å²) >= 11 is 0. The van der Waals surface area contributed by atoms with Crippen molar-refractivity contribution in [3.8, 4) is 17.2 Å². The molecule has 140 valence electrons. The highest BCUT2D eigenvalue weighted by atomic mass is 16.5. The third-order valence-electron chi connectivity index (χ3n) is 4.05. The van der Waals surface area contributed by atoms with Crippen LogP contribution in [0.2, 0.25) is 0 Å². The Kier molecular flexibility index (Phi) is 6.21. The molecule has 1 aliphatic rings. The van der Waals surface area contributed by atoms with Gasteiger partial charge in [-0.1, -0.05) is 0 Å². The van der Waals surface area contributed by atoms with Gasteiger partial charge in [0.2, 0.25) is 23.5 Å². The van der Waals surface area contributed by atoms with Crippen molar-refractivity contribution >= 4 is 23.8 Å². The lowest BCUT2D eigenvalue weighted by Crippen LogP contribution is -2.43. The van der Waals surface area contributed by atoms with E-state index in [9.17, 15) is 14.4 Å². The average Bonchev–Trinajstić information content (AvgIpc) is 2.97. The number of nitrogens with one attached hydrogen (secondary N) is 1. The number of nitrogens with zero attached hydrogens (tertiary/aromatic N) is 1. The van der Waals surface area contributed by atoms with E-state index in [1.807, 2.05) is 0 Å². The monoisotopic (exact) mass is 362 g/mol. The number of amides is 3. The number of methoxy groups -OCH3 is 3. The Labute approximate surface area is 151 Å². The number of rotatable bonds is 7. The van der Waals surface area contributed by atoms with Gasteiger partial charge in [0, 0.05) is 12.6 Å². The van der Waals surface area contributed by atoms with Crippen molar-refractivity contribution in [2.24, 2.45) is 0 Å². The van der Waals surface area contributed by atoms with Crippen LogP contribution in [0, 0.1) is 0 Å². The first-order chi connectivity index (χ1) is 12.4. The summed E-state index contributed by atoms with van der Waals surface area (Å²) < 4.78 is 15.8. The molecule has 0 bridgehead atoms. The van der Waals surface area contributed by atoms with Crippen LogP contribution in [0.3, 0.4) is 0 Å². The van der Waals surface area contributed by atoms with Crippen molar-refractivity contribution in [1.29, 1.82) is 0 Å². The Morgan fingerprint density at radius 3 is 2.23 bits per heavy atom. The summed E-state index contributed by atoms with van der Waals surface area (Å²) in [5.41, 5.74) is 0.663. The minimum Gasteiger partial charge on any atom is -0.493 e. The van der Waals surface area contributed by atoms with Gasteiger partial charge in [-0.15, -0.1) is 0 Å². The van der Waals surface area contributed by atoms with Crippen LogP contribution in [0.15, 0.2) is 18.2 Å². The lowest BCUT2D eigenvalue weighted by molar-refractivity contribution is -0.135. The molecule has 0 radical (unpaired) electrons. The molecule has 1 fully saturated rings. The molecule has 1 heterocycles. The van der Waals surface area contributed by atoms with Crippen LogP contribution < -0.4 is 19.5 Å². The zero-order valence-corrected chi connectivity index (χ0v) is 15.2. The predicted octanol–water partition coefficient (Wildman–Crippen LogP) is 0.989. The summed E-state index contributed by atoms with van der Waals surface area (Å²) in [7, 11) is 4.52. The zero-order valence-electron chi connectivity index (χ0n) is 15.2. The Bertz CT molecular complexity index is 718. The van der Waals surface area contributed by atoms with E-state index >= 15 is 0 Å². The van der Waals surface area contributed by atoms with Crippen LogP contribution in [-0.4, -0.2) is 56.5 Å². The van der Waals surface area contributed by atoms with Gasteiger partial charge < -0.3 is 19.1 Å². The second kappa shape index (κ2) is 8.37. The molecule has 1 atom stereocenters. The summed E-state index contributed by atoms with van der Waals surface area (Å²) in [5, 5.41) is 2.21. The van der Waals surface area contributed by atoms with E-state index in [1.165, 1.54) is 32.3 Å². The van der Waals surface area contributed by atoms with E-state index in [-0.39, 0.29) is 18.2 Å². The van der Waals surface area contributed by atoms with Crippen molar-refractivity contribution in [3.05, 3.63) is 23.8 Å². The number of benzene rings is 1. The molecule has 26 heavy (non-hydrogen) atoms. The molecule has 1 saturated heterocycles. The minimum absolute atomic E-state index is 0.0174. The van der Waals surface area contributed by atoms with Crippen LogP contribution >= 0.6 is 0 Å². The molecule has 1 N–H and O–H groups in total. The molecular weight excluding hydrogens is 340 g/mol. The molecule has 1 aliphatic heterocycles. The fourth-order valence-electron chi connectivity index (χ4n) is 2.78. The number of carbonyl (C=O) groups excluding carboxylic acids is 3. The number of carbonyl (C=O) groups is 3. The minimum atomic E-state index is -0.774. The highest BCUT2D eigenvalue weighted by molar-refractivity contribution is 6.07. The third-order valence-corrected chi connectivity index (χ3v) is 4.05. The van der Waals surface area contributed by atoms with Gasteiger partial charge in [0.1, 0.15) is 6.04 Å². The molecule has 1 aromatic rings. The van der Waals surface area contributed by atoms with Gasteiger partial charge in [0.05, 0.1) is 27.8 Å². The van der Waals surface area contributed by atoms with Crippen molar-refractivity contribution in [2.45, 2.75) is 19.4 Å². The lowest BCUT2D eigenvalue weighted by Gasteiger charge is -2.23. The van der Waals surface area contributed by atoms with Gasteiger partial charge in [-0.3, -0.25) is 19.7 Å². The SMILES string of the molecule is CCN(C(=O)/C=C/c1cc(OC)c(OC)c(OC)c1)[C@@H]1CC(=O)NC1=O. The Balaban J connectivity index is 2.23. The topological polar surface area (TPSA) is 94.2 Å². The van der Waals surface area contributed by atoms with Gasteiger partial charge >= 0.3 is 0 Å². The molecule has 1 aromatic carbocycles. The number of hydrogen-bond donors (Lipinski definition) is 1. The molecule has 0 unspecified atom stereocenters. The van der Waals surface area contributed by atoms with Crippen LogP contribution in [0.5, 0.6) is 17.2 Å². The molecule has 0 spiro atoms. The maximum Gasteiger partial charge on any atom is 0.249 e. The van der Waals surface area contributed by atoms with Gasteiger partial charge in [-0.25, -0.2) is 0 Å². The van der Waals surface area contributed by atoms with Crippen LogP contribution in [0.25, 0.3) is 6.08 Å². The summed E-state index contributed by atoms with van der Waals surface area (Å²) in [6.45, 7) is 2.06. The van der Waals surface area contributed by atoms with Crippen LogP contribution in [0.4, 0.5) is 0 Å². The van der Waals surface area contributed by atoms with Gasteiger partial charge in [-0.2, -0.15) is 0 Å². The van der Waals surface area contributed by atoms with Crippen molar-refractivity contribution in [2.75, 3.05) is 27.9 Å². The number of hydrogen-bond acceptors (Lipinski definition) is 6. The van der Waals surface area contributed by atoms with Crippen LogP contribution in [-0.2, 0) is 14.4 Å². The molecule has 0 aromatic heterocycles. The third kappa shape index (κ3) is 3.96. The first kappa shape index (κ1) is 19.3. The van der Waals surface area contributed by atoms with Gasteiger partial charge in [0.15, 0.2) is 11.5 Å². The zero-order chi connectivity index (χ0) is 19.3. The second-order valence-electron chi connectivity index (χ2n) is 5.55. The summed E-state index contributed by atoms with van der Waals surface area (Å²) in [5.74, 6) is 0.191. The van der Waals surface area contributed by atoms with Crippen LogP contribution in [0.1, 0.15) is 18.9 Å². The molecule has 0 saturated carbocycles. The maximum atomic E-state index is 12.5. The van der Waals surface area contributed by atoms with E-state index in [4.69, 9.17) is 14.2 Å². The van der Waals surface area contributed by atoms with Gasteiger partial charge in [0.25, 0.3) is 0 Å². The molecule has 8 heteroatoms. The Morgan fingerprint density at radius 1 is 1.19 bits per heavy atom. The summed E-state index contributed by atoms with van der Waals surface area (Å²) in [4.78, 5) is 37.0. The molecule has 3 amide bonds. The van der Waals surface area contributed by atoms with Crippen molar-refractivity contribution in [3.63, 3.8) is 0 Å². The normalized spacial score (nSPS) is 16.5. The van der Waals surface area contributed by atoms with Gasteiger partial charge in [-0.05, 0) is 30.7 Å². The first-order valence-electron chi connectivity index (χ1n) is 8.07. The number of ether oxygens (including phenoxy) is 3. The molecular formula is C18H22N2O6. The van der Waals surface area contributed by atoms with E-state index < -0.39 is 11.9 Å². The summed E-state index contributed by atoms with van der Waals surface area (Å²) in [6, 6.07) is 2.63. The predicted molar refractivity (Wildman–Crippen MR) is 94.1 cm³/mol. The Morgan fingerprint density at radius 2 is 1.81 bits per heavy atom. The quantitative estimate of drug-likeness (QED) is 0.574. The fourth-order valence-corrected chi connectivity index (χ4v) is 2.78. The van der Waals surface area contributed by atoms with E-state index in [2.05, 4.69) is 5.32 Å². The van der Waals surface area contributed by atoms with E-state index in [0.717, 1.165) is 0 Å². The standard InChI is InChI=1S/C18H22N2O6/c1-5-20(12-10-15(21)19-18(12)23)16(22)7-6-11-8-13(24-2)17(26-4)14(9-11)25-3/h6-9,12H,5,10H2,1-4H3,(H,19,21,23)/b7-6+/t12-/m1/s1. The summed E-state index contributed by atoms with van der Waals surface area (Å²) in [6.07, 6.45) is 2.92. The lowest BCUT2D eigenvalue weighted by atomic mass is 10.1. The van der Waals surface area contributed by atoms with Crippen molar-refractivity contribution < 1.29 is 28.6 Å². The fraction of sp³-hybridized carbons (Fsp3) is 0.389. The number of imide groups is 1. The maximum absolute atomic E-state index is 12.5. The molecule has 0 aliphatic carbocycles. The van der Waals surface area contributed by atoms with Crippen molar-refractivity contribution in [1.82, 2.24) is 10.2 Å². The molecule has 2 rings (SSSR count). The first-order valence-corrected chi connectivity index (χ1v) is 8.07.